The molecule has 3 fully saturated rings. The van der Waals surface area contributed by atoms with Gasteiger partial charge in [-0.2, -0.15) is 0 Å². The zero-order valence-electron chi connectivity index (χ0n) is 14.3. The van der Waals surface area contributed by atoms with E-state index in [2.05, 4.69) is 10.5 Å². The highest BCUT2D eigenvalue weighted by Gasteiger charge is 2.45. The van der Waals surface area contributed by atoms with Crippen molar-refractivity contribution in [3.8, 4) is 5.88 Å². The summed E-state index contributed by atoms with van der Waals surface area (Å²) in [5, 5.41) is 6.72. The Balaban J connectivity index is 1.47. The number of rotatable bonds is 5. The number of aromatic nitrogens is 1. The van der Waals surface area contributed by atoms with Crippen LogP contribution in [0.5, 0.6) is 5.88 Å². The summed E-state index contributed by atoms with van der Waals surface area (Å²) >= 11 is 0. The van der Waals surface area contributed by atoms with Gasteiger partial charge in [-0.3, -0.25) is 9.59 Å². The first-order valence-corrected chi connectivity index (χ1v) is 8.85. The van der Waals surface area contributed by atoms with Gasteiger partial charge in [0.25, 0.3) is 11.8 Å². The van der Waals surface area contributed by atoms with Crippen LogP contribution < -0.4 is 10.1 Å². The first-order valence-electron chi connectivity index (χ1n) is 8.85. The molecule has 1 saturated carbocycles. The van der Waals surface area contributed by atoms with E-state index in [4.69, 9.17) is 14.0 Å². The molecule has 2 aliphatic heterocycles. The molecule has 0 unspecified atom stereocenters. The molecule has 1 aromatic heterocycles. The van der Waals surface area contributed by atoms with Crippen molar-refractivity contribution >= 4 is 11.8 Å². The van der Waals surface area contributed by atoms with E-state index in [-0.39, 0.29) is 41.4 Å². The lowest BCUT2D eigenvalue weighted by atomic mass is 9.82. The van der Waals surface area contributed by atoms with Crippen LogP contribution in [0.25, 0.3) is 0 Å². The number of amides is 2. The highest BCUT2D eigenvalue weighted by molar-refractivity contribution is 5.92. The molecule has 2 saturated heterocycles. The summed E-state index contributed by atoms with van der Waals surface area (Å²) in [4.78, 5) is 27.0. The topological polar surface area (TPSA) is 93.9 Å². The van der Waals surface area contributed by atoms with E-state index in [0.29, 0.717) is 25.6 Å². The summed E-state index contributed by atoms with van der Waals surface area (Å²) < 4.78 is 15.8. The lowest BCUT2D eigenvalue weighted by Gasteiger charge is -2.38. The molecule has 4 rings (SSSR count). The van der Waals surface area contributed by atoms with E-state index in [0.717, 1.165) is 13.0 Å². The summed E-state index contributed by atoms with van der Waals surface area (Å²) in [5.41, 5.74) is 0. The number of likely N-dealkylation sites (tertiary alicyclic amines) is 1. The fourth-order valence-electron chi connectivity index (χ4n) is 3.73. The van der Waals surface area contributed by atoms with Crippen LogP contribution in [0, 0.1) is 17.8 Å². The third-order valence-electron chi connectivity index (χ3n) is 5.39. The first kappa shape index (κ1) is 16.4. The summed E-state index contributed by atoms with van der Waals surface area (Å²) in [5.74, 6) is 0.674. The van der Waals surface area contributed by atoms with Crippen molar-refractivity contribution in [1.29, 1.82) is 0 Å². The molecule has 8 nitrogen and oxygen atoms in total. The van der Waals surface area contributed by atoms with Gasteiger partial charge in [-0.05, 0) is 30.3 Å². The average molecular weight is 349 g/mol. The molecule has 1 N–H and O–H groups in total. The highest BCUT2D eigenvalue weighted by atomic mass is 16.5. The van der Waals surface area contributed by atoms with Crippen LogP contribution in [-0.4, -0.2) is 61.3 Å². The number of hydrogen-bond donors (Lipinski definition) is 1. The number of piperidine rings is 1. The van der Waals surface area contributed by atoms with Crippen LogP contribution in [0.15, 0.2) is 10.6 Å². The van der Waals surface area contributed by atoms with E-state index in [1.165, 1.54) is 26.0 Å². The molecule has 136 valence electrons. The molecule has 1 aromatic rings. The lowest BCUT2D eigenvalue weighted by Crippen LogP contribution is -2.54. The third kappa shape index (κ3) is 3.35. The van der Waals surface area contributed by atoms with Crippen molar-refractivity contribution in [1.82, 2.24) is 15.4 Å². The molecule has 8 heteroatoms. The summed E-state index contributed by atoms with van der Waals surface area (Å²) in [7, 11) is 1.46. The Hall–Kier alpha value is -2.09. The normalized spacial score (nSPS) is 28.5. The molecular formula is C17H23N3O5. The van der Waals surface area contributed by atoms with Crippen molar-refractivity contribution in [3.05, 3.63) is 11.8 Å². The quantitative estimate of drug-likeness (QED) is 0.840. The first-order chi connectivity index (χ1) is 12.2. The second-order valence-corrected chi connectivity index (χ2v) is 7.10. The summed E-state index contributed by atoms with van der Waals surface area (Å²) in [6.45, 7) is 2.22. The van der Waals surface area contributed by atoms with Gasteiger partial charge in [0.1, 0.15) is 0 Å². The van der Waals surface area contributed by atoms with E-state index in [1.54, 1.807) is 4.90 Å². The zero-order chi connectivity index (χ0) is 17.4. The maximum absolute atomic E-state index is 12.7. The second-order valence-electron chi connectivity index (χ2n) is 7.10. The molecule has 0 spiro atoms. The zero-order valence-corrected chi connectivity index (χ0v) is 14.3. The van der Waals surface area contributed by atoms with Crippen LogP contribution in [0.2, 0.25) is 0 Å². The van der Waals surface area contributed by atoms with Gasteiger partial charge >= 0.3 is 0 Å². The Morgan fingerprint density at radius 1 is 1.36 bits per heavy atom. The van der Waals surface area contributed by atoms with Crippen LogP contribution in [0.4, 0.5) is 0 Å². The molecule has 3 heterocycles. The lowest BCUT2D eigenvalue weighted by molar-refractivity contribution is -0.130. The number of carbonyl (C=O) groups is 2. The number of nitrogens with one attached hydrogen (secondary N) is 1. The van der Waals surface area contributed by atoms with Gasteiger partial charge in [-0.15, -0.1) is 0 Å². The standard InChI is InChI=1S/C17H23N3O5/c1-23-15-6-13(25-19-15)17(22)20-8-12(11-4-5-24-14(11)9-20)16(21)18-7-10-2-3-10/h6,10-12,14H,2-5,7-9H2,1H3,(H,18,21)/t11-,12+,14+/m0/s1. The van der Waals surface area contributed by atoms with Gasteiger partial charge in [-0.1, -0.05) is 0 Å². The van der Waals surface area contributed by atoms with E-state index in [1.807, 2.05) is 0 Å². The van der Waals surface area contributed by atoms with Gasteiger partial charge in [0.2, 0.25) is 11.7 Å². The Bertz CT molecular complexity index is 656. The van der Waals surface area contributed by atoms with Gasteiger partial charge < -0.3 is 24.2 Å². The molecule has 25 heavy (non-hydrogen) atoms. The number of nitrogens with zero attached hydrogens (tertiary/aromatic N) is 2. The van der Waals surface area contributed by atoms with E-state index in [9.17, 15) is 9.59 Å². The monoisotopic (exact) mass is 349 g/mol. The molecule has 0 bridgehead atoms. The minimum absolute atomic E-state index is 0.0278. The third-order valence-corrected chi connectivity index (χ3v) is 5.39. The Morgan fingerprint density at radius 3 is 2.92 bits per heavy atom. The van der Waals surface area contributed by atoms with E-state index < -0.39 is 0 Å². The SMILES string of the molecule is COc1cc(C(=O)N2C[C@H]3OCC[C@H]3[C@H](C(=O)NCC3CC3)C2)on1. The van der Waals surface area contributed by atoms with Crippen LogP contribution in [0.3, 0.4) is 0 Å². The van der Waals surface area contributed by atoms with Crippen molar-refractivity contribution in [3.63, 3.8) is 0 Å². The minimum Gasteiger partial charge on any atom is -0.479 e. The predicted octanol–water partition coefficient (Wildman–Crippen LogP) is 0.686. The number of hydrogen-bond acceptors (Lipinski definition) is 6. The molecule has 0 aromatic carbocycles. The molecule has 2 amide bonds. The number of fused-ring (bicyclic) bond motifs is 1. The van der Waals surface area contributed by atoms with Crippen molar-refractivity contribution in [2.45, 2.75) is 25.4 Å². The van der Waals surface area contributed by atoms with Gasteiger partial charge in [-0.25, -0.2) is 0 Å². The molecular weight excluding hydrogens is 326 g/mol. The second kappa shape index (κ2) is 6.67. The number of methoxy groups -OCH3 is 1. The van der Waals surface area contributed by atoms with Crippen molar-refractivity contribution in [2.75, 3.05) is 33.4 Å². The van der Waals surface area contributed by atoms with Crippen molar-refractivity contribution in [2.24, 2.45) is 17.8 Å². The summed E-state index contributed by atoms with van der Waals surface area (Å²) in [6.07, 6.45) is 3.15. The van der Waals surface area contributed by atoms with Gasteiger partial charge in [0.05, 0.1) is 25.2 Å². The highest BCUT2D eigenvalue weighted by Crippen LogP contribution is 2.35. The maximum Gasteiger partial charge on any atom is 0.292 e. The molecule has 3 aliphatic rings. The Labute approximate surface area is 145 Å². The molecule has 0 radical (unpaired) electrons. The van der Waals surface area contributed by atoms with Crippen LogP contribution in [-0.2, 0) is 9.53 Å². The molecule has 1 aliphatic carbocycles. The smallest absolute Gasteiger partial charge is 0.292 e. The predicted molar refractivity (Wildman–Crippen MR) is 86.0 cm³/mol. The Kier molecular flexibility index (Phi) is 4.37. The van der Waals surface area contributed by atoms with Gasteiger partial charge in [0.15, 0.2) is 0 Å². The van der Waals surface area contributed by atoms with E-state index >= 15 is 0 Å². The van der Waals surface area contributed by atoms with Crippen LogP contribution >= 0.6 is 0 Å². The van der Waals surface area contributed by atoms with Crippen molar-refractivity contribution < 1.29 is 23.6 Å². The summed E-state index contributed by atoms with van der Waals surface area (Å²) in [6, 6.07) is 1.46. The fourth-order valence-corrected chi connectivity index (χ4v) is 3.73. The number of carbonyl (C=O) groups excluding carboxylic acids is 2. The Morgan fingerprint density at radius 2 is 2.20 bits per heavy atom. The molecule has 3 atom stereocenters. The largest absolute Gasteiger partial charge is 0.479 e. The average Bonchev–Trinajstić information content (AvgIpc) is 3.13. The maximum atomic E-state index is 12.7. The van der Waals surface area contributed by atoms with Crippen LogP contribution in [0.1, 0.15) is 29.8 Å². The van der Waals surface area contributed by atoms with Gasteiger partial charge in [0, 0.05) is 32.2 Å². The minimum atomic E-state index is -0.287. The number of ether oxygens (including phenoxy) is 2. The fraction of sp³-hybridized carbons (Fsp3) is 0.706.